The van der Waals surface area contributed by atoms with E-state index in [1.54, 1.807) is 7.11 Å². The van der Waals surface area contributed by atoms with Gasteiger partial charge in [-0.2, -0.15) is 5.26 Å². The first-order chi connectivity index (χ1) is 7.19. The van der Waals surface area contributed by atoms with Gasteiger partial charge in [-0.15, -0.1) is 0 Å². The first-order valence-corrected chi connectivity index (χ1v) is 4.89. The van der Waals surface area contributed by atoms with E-state index in [1.807, 2.05) is 6.07 Å². The number of anilines is 1. The van der Waals surface area contributed by atoms with E-state index in [0.29, 0.717) is 12.3 Å². The van der Waals surface area contributed by atoms with Crippen LogP contribution in [0.3, 0.4) is 0 Å². The van der Waals surface area contributed by atoms with Crippen molar-refractivity contribution < 1.29 is 9.15 Å². The van der Waals surface area contributed by atoms with Crippen molar-refractivity contribution in [3.63, 3.8) is 0 Å². The van der Waals surface area contributed by atoms with E-state index in [9.17, 15) is 0 Å². The lowest BCUT2D eigenvalue weighted by Gasteiger charge is -2.39. The van der Waals surface area contributed by atoms with E-state index in [1.165, 1.54) is 0 Å². The van der Waals surface area contributed by atoms with Gasteiger partial charge in [-0.3, -0.25) is 0 Å². The number of nitriles is 1. The molecule has 1 aliphatic carbocycles. The largest absolute Gasteiger partial charge is 0.424 e. The predicted octanol–water partition coefficient (Wildman–Crippen LogP) is 1.24. The van der Waals surface area contributed by atoms with Gasteiger partial charge in [0.15, 0.2) is 0 Å². The van der Waals surface area contributed by atoms with Gasteiger partial charge >= 0.3 is 0 Å². The molecule has 15 heavy (non-hydrogen) atoms. The molecule has 1 fully saturated rings. The molecule has 1 saturated carbocycles. The average Bonchev–Trinajstić information content (AvgIpc) is 2.52. The maximum absolute atomic E-state index is 8.67. The van der Waals surface area contributed by atoms with Gasteiger partial charge in [0.2, 0.25) is 17.5 Å². The third kappa shape index (κ3) is 1.68. The molecular weight excluding hydrogens is 194 g/mol. The summed E-state index contributed by atoms with van der Waals surface area (Å²) in [6.07, 6.45) is 3.77. The van der Waals surface area contributed by atoms with Crippen LogP contribution in [0, 0.1) is 11.3 Å². The van der Waals surface area contributed by atoms with Gasteiger partial charge in [0.25, 0.3) is 0 Å². The Kier molecular flexibility index (Phi) is 2.37. The van der Waals surface area contributed by atoms with E-state index in [2.05, 4.69) is 4.98 Å². The number of oxazole rings is 1. The molecule has 1 aromatic heterocycles. The van der Waals surface area contributed by atoms with Crippen LogP contribution in [0.1, 0.15) is 30.8 Å². The summed E-state index contributed by atoms with van der Waals surface area (Å²) in [6, 6.07) is 1.88. The molecule has 0 saturated heterocycles. The van der Waals surface area contributed by atoms with Crippen LogP contribution in [-0.4, -0.2) is 17.7 Å². The van der Waals surface area contributed by atoms with Crippen molar-refractivity contribution in [3.8, 4) is 6.07 Å². The van der Waals surface area contributed by atoms with E-state index in [-0.39, 0.29) is 17.2 Å². The number of aromatic nitrogens is 1. The normalized spacial score (nSPS) is 18.1. The van der Waals surface area contributed by atoms with Crippen LogP contribution in [0.2, 0.25) is 0 Å². The standard InChI is InChI=1S/C10H13N3O2/c1-14-10(3-2-4-10)5-8-13-7(6-11)9(12)15-8/h2-5,12H2,1H3. The van der Waals surface area contributed by atoms with Crippen LogP contribution < -0.4 is 5.73 Å². The summed E-state index contributed by atoms with van der Waals surface area (Å²) in [5.41, 5.74) is 5.49. The molecule has 5 heteroatoms. The van der Waals surface area contributed by atoms with Crippen LogP contribution in [0.4, 0.5) is 5.88 Å². The van der Waals surface area contributed by atoms with Crippen LogP contribution in [-0.2, 0) is 11.2 Å². The quantitative estimate of drug-likeness (QED) is 0.805. The van der Waals surface area contributed by atoms with Crippen LogP contribution in [0.15, 0.2) is 4.42 Å². The Bertz CT molecular complexity index is 396. The van der Waals surface area contributed by atoms with Crippen molar-refractivity contribution in [2.75, 3.05) is 12.8 Å². The molecule has 0 radical (unpaired) electrons. The second kappa shape index (κ2) is 3.55. The Morgan fingerprint density at radius 3 is 2.80 bits per heavy atom. The Morgan fingerprint density at radius 1 is 1.67 bits per heavy atom. The van der Waals surface area contributed by atoms with Gasteiger partial charge in [-0.1, -0.05) is 0 Å². The fraction of sp³-hybridized carbons (Fsp3) is 0.600. The smallest absolute Gasteiger partial charge is 0.229 e. The summed E-state index contributed by atoms with van der Waals surface area (Å²) < 4.78 is 10.6. The number of nitrogens with zero attached hydrogens (tertiary/aromatic N) is 2. The molecule has 0 aliphatic heterocycles. The summed E-state index contributed by atoms with van der Waals surface area (Å²) in [6.45, 7) is 0. The Hall–Kier alpha value is -1.54. The lowest BCUT2D eigenvalue weighted by Crippen LogP contribution is -2.41. The minimum absolute atomic E-state index is 0.0954. The highest BCUT2D eigenvalue weighted by Crippen LogP contribution is 2.38. The van der Waals surface area contributed by atoms with Crippen molar-refractivity contribution in [1.82, 2.24) is 4.98 Å². The number of methoxy groups -OCH3 is 1. The summed E-state index contributed by atoms with van der Waals surface area (Å²) in [5, 5.41) is 8.67. The second-order valence-corrected chi connectivity index (χ2v) is 3.85. The summed E-state index contributed by atoms with van der Waals surface area (Å²) in [4.78, 5) is 4.01. The summed E-state index contributed by atoms with van der Waals surface area (Å²) >= 11 is 0. The molecule has 2 N–H and O–H groups in total. The number of hydrogen-bond acceptors (Lipinski definition) is 5. The van der Waals surface area contributed by atoms with Gasteiger partial charge in [-0.25, -0.2) is 4.98 Å². The van der Waals surface area contributed by atoms with Crippen molar-refractivity contribution >= 4 is 5.88 Å². The fourth-order valence-corrected chi connectivity index (χ4v) is 1.83. The predicted molar refractivity (Wildman–Crippen MR) is 52.9 cm³/mol. The molecule has 1 aromatic rings. The zero-order valence-electron chi connectivity index (χ0n) is 8.62. The molecule has 5 nitrogen and oxygen atoms in total. The Morgan fingerprint density at radius 2 is 2.40 bits per heavy atom. The maximum Gasteiger partial charge on any atom is 0.229 e. The lowest BCUT2D eigenvalue weighted by molar-refractivity contribution is -0.0744. The van der Waals surface area contributed by atoms with Crippen LogP contribution in [0.25, 0.3) is 0 Å². The van der Waals surface area contributed by atoms with Gasteiger partial charge in [-0.05, 0) is 19.3 Å². The van der Waals surface area contributed by atoms with Crippen LogP contribution >= 0.6 is 0 Å². The average molecular weight is 207 g/mol. The van der Waals surface area contributed by atoms with Gasteiger partial charge in [0.05, 0.1) is 12.0 Å². The van der Waals surface area contributed by atoms with E-state index in [0.717, 1.165) is 19.3 Å². The highest BCUT2D eigenvalue weighted by atomic mass is 16.5. The molecule has 1 aliphatic rings. The van der Waals surface area contributed by atoms with E-state index in [4.69, 9.17) is 20.1 Å². The molecule has 0 amide bonds. The first-order valence-electron chi connectivity index (χ1n) is 4.89. The number of nitrogens with two attached hydrogens (primary N) is 1. The number of rotatable bonds is 3. The molecular formula is C10H13N3O2. The van der Waals surface area contributed by atoms with E-state index < -0.39 is 0 Å². The zero-order chi connectivity index (χ0) is 10.9. The molecule has 0 atom stereocenters. The highest BCUT2D eigenvalue weighted by molar-refractivity contribution is 5.40. The lowest BCUT2D eigenvalue weighted by atomic mass is 9.77. The van der Waals surface area contributed by atoms with Crippen LogP contribution in [0.5, 0.6) is 0 Å². The fourth-order valence-electron chi connectivity index (χ4n) is 1.83. The van der Waals surface area contributed by atoms with Gasteiger partial charge in [0.1, 0.15) is 6.07 Å². The third-order valence-electron chi connectivity index (χ3n) is 2.97. The highest BCUT2D eigenvalue weighted by Gasteiger charge is 2.38. The second-order valence-electron chi connectivity index (χ2n) is 3.85. The molecule has 80 valence electrons. The monoisotopic (exact) mass is 207 g/mol. The summed E-state index contributed by atoms with van der Waals surface area (Å²) in [7, 11) is 1.69. The topological polar surface area (TPSA) is 85.1 Å². The molecule has 0 spiro atoms. The Labute approximate surface area is 87.8 Å². The molecule has 0 unspecified atom stereocenters. The first kappa shape index (κ1) is 9.99. The molecule has 0 bridgehead atoms. The van der Waals surface area contributed by atoms with Crippen molar-refractivity contribution in [2.45, 2.75) is 31.3 Å². The van der Waals surface area contributed by atoms with Crippen molar-refractivity contribution in [2.24, 2.45) is 0 Å². The zero-order valence-corrected chi connectivity index (χ0v) is 8.62. The van der Waals surface area contributed by atoms with Gasteiger partial charge < -0.3 is 14.9 Å². The van der Waals surface area contributed by atoms with Crippen molar-refractivity contribution in [1.29, 1.82) is 5.26 Å². The Balaban J connectivity index is 2.14. The molecule has 1 heterocycles. The van der Waals surface area contributed by atoms with Gasteiger partial charge in [0, 0.05) is 7.11 Å². The molecule has 2 rings (SSSR count). The van der Waals surface area contributed by atoms with E-state index >= 15 is 0 Å². The third-order valence-corrected chi connectivity index (χ3v) is 2.97. The SMILES string of the molecule is COC1(Cc2nc(C#N)c(N)o2)CCC1. The maximum atomic E-state index is 8.67. The minimum Gasteiger partial charge on any atom is -0.424 e. The number of hydrogen-bond donors (Lipinski definition) is 1. The number of nitrogen functional groups attached to an aromatic ring is 1. The minimum atomic E-state index is -0.149. The molecule has 0 aromatic carbocycles. The summed E-state index contributed by atoms with van der Waals surface area (Å²) in [5.74, 6) is 0.587. The number of ether oxygens (including phenoxy) is 1. The van der Waals surface area contributed by atoms with Crippen molar-refractivity contribution in [3.05, 3.63) is 11.6 Å².